The molecule has 0 aliphatic heterocycles. The highest BCUT2D eigenvalue weighted by Crippen LogP contribution is 2.29. The van der Waals surface area contributed by atoms with Gasteiger partial charge in [0.15, 0.2) is 5.11 Å². The molecule has 0 fully saturated rings. The molecular weight excluding hydrogens is 316 g/mol. The number of nitrogens with one attached hydrogen (secondary N) is 2. The van der Waals surface area contributed by atoms with Crippen molar-refractivity contribution in [2.24, 2.45) is 0 Å². The molecule has 0 radical (unpaired) electrons. The molecule has 0 aliphatic rings. The van der Waals surface area contributed by atoms with E-state index in [2.05, 4.69) is 10.6 Å². The van der Waals surface area contributed by atoms with Gasteiger partial charge in [0, 0.05) is 11.4 Å². The third kappa shape index (κ3) is 4.17. The summed E-state index contributed by atoms with van der Waals surface area (Å²) < 4.78 is 50.5. The Hall–Kier alpha value is -2.15. The van der Waals surface area contributed by atoms with Gasteiger partial charge in [-0.25, -0.2) is 4.39 Å². The molecule has 22 heavy (non-hydrogen) atoms. The molecule has 0 aromatic heterocycles. The molecule has 2 N–H and O–H groups in total. The van der Waals surface area contributed by atoms with Gasteiger partial charge in [-0.2, -0.15) is 13.2 Å². The molecule has 0 heterocycles. The quantitative estimate of drug-likeness (QED) is 0.602. The molecule has 116 valence electrons. The van der Waals surface area contributed by atoms with Crippen molar-refractivity contribution in [2.75, 3.05) is 10.6 Å². The predicted molar refractivity (Wildman–Crippen MR) is 82.4 cm³/mol. The minimum atomic E-state index is -4.38. The second-order valence-corrected chi connectivity index (χ2v) is 5.02. The molecule has 0 saturated heterocycles. The van der Waals surface area contributed by atoms with Gasteiger partial charge >= 0.3 is 6.18 Å². The Bertz CT molecular complexity index is 681. The van der Waals surface area contributed by atoms with Crippen LogP contribution in [0.4, 0.5) is 28.9 Å². The smallest absolute Gasteiger partial charge is 0.332 e. The summed E-state index contributed by atoms with van der Waals surface area (Å²) in [7, 11) is 0. The van der Waals surface area contributed by atoms with Crippen molar-refractivity contribution < 1.29 is 17.6 Å². The molecule has 2 rings (SSSR count). The van der Waals surface area contributed by atoms with E-state index in [1.165, 1.54) is 24.3 Å². The van der Waals surface area contributed by atoms with Crippen molar-refractivity contribution in [3.05, 3.63) is 59.4 Å². The maximum absolute atomic E-state index is 13.2. The van der Waals surface area contributed by atoms with Crippen LogP contribution in [0, 0.1) is 12.7 Å². The lowest BCUT2D eigenvalue weighted by Crippen LogP contribution is -2.19. The second kappa shape index (κ2) is 6.31. The zero-order valence-corrected chi connectivity index (χ0v) is 12.3. The molecule has 0 aliphatic carbocycles. The Morgan fingerprint density at radius 1 is 1.00 bits per heavy atom. The fraction of sp³-hybridized carbons (Fsp3) is 0.133. The van der Waals surface area contributed by atoms with Gasteiger partial charge < -0.3 is 10.6 Å². The number of benzene rings is 2. The van der Waals surface area contributed by atoms with E-state index in [0.717, 1.165) is 17.7 Å². The van der Waals surface area contributed by atoms with Crippen LogP contribution in [-0.4, -0.2) is 5.11 Å². The summed E-state index contributed by atoms with van der Waals surface area (Å²) in [5, 5.41) is 5.71. The number of anilines is 2. The normalized spacial score (nSPS) is 11.1. The highest BCUT2D eigenvalue weighted by atomic mass is 32.1. The first kappa shape index (κ1) is 16.2. The average molecular weight is 328 g/mol. The van der Waals surface area contributed by atoms with E-state index < -0.39 is 17.6 Å². The van der Waals surface area contributed by atoms with Crippen molar-refractivity contribution in [1.82, 2.24) is 0 Å². The molecule has 0 saturated carbocycles. The molecule has 0 unspecified atom stereocenters. The fourth-order valence-electron chi connectivity index (χ4n) is 1.76. The molecule has 0 atom stereocenters. The van der Waals surface area contributed by atoms with E-state index in [1.54, 1.807) is 13.0 Å². The molecule has 0 spiro atoms. The van der Waals surface area contributed by atoms with Crippen molar-refractivity contribution in [1.29, 1.82) is 0 Å². The summed E-state index contributed by atoms with van der Waals surface area (Å²) in [6.45, 7) is 1.78. The Labute approximate surface area is 130 Å². The molecule has 7 heteroatoms. The monoisotopic (exact) mass is 328 g/mol. The minimum Gasteiger partial charge on any atom is -0.332 e. The van der Waals surface area contributed by atoms with Crippen LogP contribution >= 0.6 is 12.2 Å². The van der Waals surface area contributed by atoms with E-state index in [4.69, 9.17) is 12.2 Å². The molecule has 2 nitrogen and oxygen atoms in total. The maximum atomic E-state index is 13.2. The Morgan fingerprint density at radius 3 is 2.23 bits per heavy atom. The van der Waals surface area contributed by atoms with Crippen molar-refractivity contribution in [3.63, 3.8) is 0 Å². The zero-order chi connectivity index (χ0) is 16.3. The zero-order valence-electron chi connectivity index (χ0n) is 11.5. The second-order valence-electron chi connectivity index (χ2n) is 4.61. The topological polar surface area (TPSA) is 24.1 Å². The predicted octanol–water partition coefficient (Wildman–Crippen LogP) is 4.96. The summed E-state index contributed by atoms with van der Waals surface area (Å²) in [5.74, 6) is -0.412. The first-order valence-corrected chi connectivity index (χ1v) is 6.68. The molecule has 0 amide bonds. The Morgan fingerprint density at radius 2 is 1.64 bits per heavy atom. The summed E-state index contributed by atoms with van der Waals surface area (Å²) >= 11 is 5.06. The summed E-state index contributed by atoms with van der Waals surface area (Å²) in [6.07, 6.45) is -4.38. The summed E-state index contributed by atoms with van der Waals surface area (Å²) in [4.78, 5) is 0. The van der Waals surface area contributed by atoms with E-state index >= 15 is 0 Å². The highest BCUT2D eigenvalue weighted by molar-refractivity contribution is 7.80. The van der Waals surface area contributed by atoms with Gasteiger partial charge in [0.25, 0.3) is 0 Å². The summed E-state index contributed by atoms with van der Waals surface area (Å²) in [6, 6.07) is 8.67. The number of halogens is 4. The summed E-state index contributed by atoms with van der Waals surface area (Å²) in [5.41, 5.74) is 0.944. The van der Waals surface area contributed by atoms with Crippen LogP contribution in [0.5, 0.6) is 0 Å². The van der Waals surface area contributed by atoms with Gasteiger partial charge in [-0.05, 0) is 61.1 Å². The fourth-order valence-corrected chi connectivity index (χ4v) is 1.98. The van der Waals surface area contributed by atoms with Crippen molar-refractivity contribution in [3.8, 4) is 0 Å². The number of thiocarbonyl (C=S) groups is 1. The van der Waals surface area contributed by atoms with Crippen LogP contribution in [0.15, 0.2) is 42.5 Å². The van der Waals surface area contributed by atoms with Crippen LogP contribution in [0.2, 0.25) is 0 Å². The van der Waals surface area contributed by atoms with Crippen LogP contribution < -0.4 is 10.6 Å². The number of aryl methyl sites for hydroxylation is 1. The molecular formula is C15H12F4N2S. The van der Waals surface area contributed by atoms with Gasteiger partial charge in [-0.1, -0.05) is 6.07 Å². The Kier molecular flexibility index (Phi) is 4.65. The van der Waals surface area contributed by atoms with E-state index in [0.29, 0.717) is 11.4 Å². The lowest BCUT2D eigenvalue weighted by atomic mass is 10.2. The number of hydrogen-bond donors (Lipinski definition) is 2. The molecule has 0 bridgehead atoms. The Balaban J connectivity index is 2.04. The van der Waals surface area contributed by atoms with Gasteiger partial charge in [-0.15, -0.1) is 0 Å². The van der Waals surface area contributed by atoms with Gasteiger partial charge in [-0.3, -0.25) is 0 Å². The largest absolute Gasteiger partial charge is 0.416 e. The van der Waals surface area contributed by atoms with E-state index in [1.807, 2.05) is 0 Å². The molecule has 2 aromatic carbocycles. The minimum absolute atomic E-state index is 0.161. The number of rotatable bonds is 2. The third-order valence-corrected chi connectivity index (χ3v) is 3.12. The standard InChI is InChI=1S/C15H12F4N2S/c1-9-2-5-11(16)8-13(9)21-14(22)20-12-6-3-10(4-7-12)15(17,18)19/h2-8H,1H3,(H2,20,21,22). The van der Waals surface area contributed by atoms with Crippen LogP contribution in [0.25, 0.3) is 0 Å². The maximum Gasteiger partial charge on any atom is 0.416 e. The van der Waals surface area contributed by atoms with Crippen LogP contribution in [0.3, 0.4) is 0 Å². The lowest BCUT2D eigenvalue weighted by molar-refractivity contribution is -0.137. The number of alkyl halides is 3. The SMILES string of the molecule is Cc1ccc(F)cc1NC(=S)Nc1ccc(C(F)(F)F)cc1. The van der Waals surface area contributed by atoms with Crippen LogP contribution in [-0.2, 0) is 6.18 Å². The first-order valence-electron chi connectivity index (χ1n) is 6.27. The average Bonchev–Trinajstić information content (AvgIpc) is 2.42. The lowest BCUT2D eigenvalue weighted by Gasteiger charge is -2.13. The highest BCUT2D eigenvalue weighted by Gasteiger charge is 2.29. The third-order valence-electron chi connectivity index (χ3n) is 2.92. The van der Waals surface area contributed by atoms with E-state index in [9.17, 15) is 17.6 Å². The van der Waals surface area contributed by atoms with Gasteiger partial charge in [0.05, 0.1) is 5.56 Å². The van der Waals surface area contributed by atoms with Crippen molar-refractivity contribution >= 4 is 28.7 Å². The molecule has 2 aromatic rings. The first-order chi connectivity index (χ1) is 10.3. The van der Waals surface area contributed by atoms with Gasteiger partial charge in [0.1, 0.15) is 5.82 Å². The van der Waals surface area contributed by atoms with E-state index in [-0.39, 0.29) is 5.11 Å². The van der Waals surface area contributed by atoms with Gasteiger partial charge in [0.2, 0.25) is 0 Å². The van der Waals surface area contributed by atoms with Crippen LogP contribution in [0.1, 0.15) is 11.1 Å². The number of hydrogen-bond acceptors (Lipinski definition) is 1. The van der Waals surface area contributed by atoms with Crippen molar-refractivity contribution in [2.45, 2.75) is 13.1 Å².